The predicted molar refractivity (Wildman–Crippen MR) is 74.4 cm³/mol. The van der Waals surface area contributed by atoms with Gasteiger partial charge in [-0.25, -0.2) is 12.8 Å². The van der Waals surface area contributed by atoms with Crippen LogP contribution in [0.3, 0.4) is 0 Å². The van der Waals surface area contributed by atoms with E-state index < -0.39 is 15.8 Å². The van der Waals surface area contributed by atoms with Crippen LogP contribution in [0.25, 0.3) is 0 Å². The third kappa shape index (κ3) is 3.34. The van der Waals surface area contributed by atoms with Crippen molar-refractivity contribution in [3.8, 4) is 0 Å². The minimum atomic E-state index is -3.80. The highest BCUT2D eigenvalue weighted by Crippen LogP contribution is 2.19. The highest BCUT2D eigenvalue weighted by atomic mass is 32.2. The first-order valence-corrected chi connectivity index (χ1v) is 7.36. The van der Waals surface area contributed by atoms with Gasteiger partial charge in [0.15, 0.2) is 0 Å². The summed E-state index contributed by atoms with van der Waals surface area (Å²) in [5.74, 6) is -0.618. The number of rotatable bonds is 5. The number of halogens is 1. The first-order valence-electron chi connectivity index (χ1n) is 5.88. The summed E-state index contributed by atoms with van der Waals surface area (Å²) in [6, 6.07) is 11.8. The molecule has 0 spiro atoms. The van der Waals surface area contributed by atoms with Gasteiger partial charge in [-0.15, -0.1) is 0 Å². The van der Waals surface area contributed by atoms with Crippen LogP contribution in [-0.2, 0) is 21.4 Å². The maximum atomic E-state index is 13.5. The summed E-state index contributed by atoms with van der Waals surface area (Å²) in [5, 5.41) is 0. The molecule has 0 aliphatic rings. The Morgan fingerprint density at radius 3 is 2.35 bits per heavy atom. The molecule has 6 heteroatoms. The number of hydrogen-bond donors (Lipinski definition) is 1. The minimum absolute atomic E-state index is 0.0700. The lowest BCUT2D eigenvalue weighted by Gasteiger charge is -2.09. The first kappa shape index (κ1) is 14.5. The zero-order valence-corrected chi connectivity index (χ0v) is 11.7. The molecule has 1 N–H and O–H groups in total. The number of para-hydroxylation sites is 1. The molecule has 20 heavy (non-hydrogen) atoms. The van der Waals surface area contributed by atoms with Crippen LogP contribution in [0.2, 0.25) is 0 Å². The van der Waals surface area contributed by atoms with Crippen molar-refractivity contribution in [3.05, 3.63) is 59.9 Å². The van der Waals surface area contributed by atoms with Crippen molar-refractivity contribution in [1.29, 1.82) is 0 Å². The quantitative estimate of drug-likeness (QED) is 0.923. The van der Waals surface area contributed by atoms with E-state index >= 15 is 0 Å². The standard InChI is InChI=1S/C14H14FNO3S/c1-19-10-11-6-8-12(9-7-11)20(17,18)16-14-5-3-2-4-13(14)15/h2-9,16H,10H2,1H3. The monoisotopic (exact) mass is 295 g/mol. The molecule has 0 radical (unpaired) electrons. The van der Waals surface area contributed by atoms with E-state index in [1.54, 1.807) is 25.3 Å². The summed E-state index contributed by atoms with van der Waals surface area (Å²) < 4.78 is 44.9. The minimum Gasteiger partial charge on any atom is -0.380 e. The molecule has 2 rings (SSSR count). The van der Waals surface area contributed by atoms with E-state index in [0.29, 0.717) is 6.61 Å². The van der Waals surface area contributed by atoms with Crippen LogP contribution < -0.4 is 4.72 Å². The van der Waals surface area contributed by atoms with Gasteiger partial charge in [-0.05, 0) is 29.8 Å². The van der Waals surface area contributed by atoms with Crippen molar-refractivity contribution in [2.75, 3.05) is 11.8 Å². The van der Waals surface area contributed by atoms with Crippen LogP contribution in [-0.4, -0.2) is 15.5 Å². The average molecular weight is 295 g/mol. The number of benzene rings is 2. The molecule has 106 valence electrons. The van der Waals surface area contributed by atoms with Gasteiger partial charge in [-0.3, -0.25) is 4.72 Å². The number of hydrogen-bond acceptors (Lipinski definition) is 3. The Bertz CT molecular complexity index is 684. The van der Waals surface area contributed by atoms with Crippen LogP contribution in [0.1, 0.15) is 5.56 Å². The predicted octanol–water partition coefficient (Wildman–Crippen LogP) is 2.77. The Morgan fingerprint density at radius 2 is 1.75 bits per heavy atom. The van der Waals surface area contributed by atoms with Crippen molar-refractivity contribution >= 4 is 15.7 Å². The molecular weight excluding hydrogens is 281 g/mol. The normalized spacial score (nSPS) is 11.3. The van der Waals surface area contributed by atoms with Gasteiger partial charge in [0.2, 0.25) is 0 Å². The van der Waals surface area contributed by atoms with E-state index in [4.69, 9.17) is 4.74 Å². The summed E-state index contributed by atoms with van der Waals surface area (Å²) in [6.07, 6.45) is 0. The Kier molecular flexibility index (Phi) is 4.36. The smallest absolute Gasteiger partial charge is 0.261 e. The fourth-order valence-electron chi connectivity index (χ4n) is 1.68. The van der Waals surface area contributed by atoms with Crippen LogP contribution >= 0.6 is 0 Å². The molecule has 0 saturated carbocycles. The molecular formula is C14H14FNO3S. The summed E-state index contributed by atoms with van der Waals surface area (Å²) >= 11 is 0. The molecule has 0 unspecified atom stereocenters. The maximum Gasteiger partial charge on any atom is 0.261 e. The lowest BCUT2D eigenvalue weighted by Crippen LogP contribution is -2.13. The molecule has 4 nitrogen and oxygen atoms in total. The van der Waals surface area contributed by atoms with Crippen LogP contribution in [0, 0.1) is 5.82 Å². The molecule has 0 aromatic heterocycles. The highest BCUT2D eigenvalue weighted by molar-refractivity contribution is 7.92. The summed E-state index contributed by atoms with van der Waals surface area (Å²) in [7, 11) is -2.24. The Morgan fingerprint density at radius 1 is 1.10 bits per heavy atom. The molecule has 0 atom stereocenters. The summed E-state index contributed by atoms with van der Waals surface area (Å²) in [4.78, 5) is 0.0700. The average Bonchev–Trinajstić information content (AvgIpc) is 2.42. The Balaban J connectivity index is 2.24. The third-order valence-corrected chi connectivity index (χ3v) is 4.04. The topological polar surface area (TPSA) is 55.4 Å². The van der Waals surface area contributed by atoms with E-state index in [2.05, 4.69) is 4.72 Å². The zero-order chi connectivity index (χ0) is 14.6. The van der Waals surface area contributed by atoms with Crippen LogP contribution in [0.5, 0.6) is 0 Å². The molecule has 0 bridgehead atoms. The number of anilines is 1. The lowest BCUT2D eigenvalue weighted by atomic mass is 10.2. The van der Waals surface area contributed by atoms with E-state index in [-0.39, 0.29) is 10.6 Å². The molecule has 0 aliphatic carbocycles. The van der Waals surface area contributed by atoms with E-state index in [1.807, 2.05) is 0 Å². The van der Waals surface area contributed by atoms with E-state index in [0.717, 1.165) is 5.56 Å². The van der Waals surface area contributed by atoms with E-state index in [1.165, 1.54) is 30.3 Å². The van der Waals surface area contributed by atoms with Crippen molar-refractivity contribution < 1.29 is 17.5 Å². The van der Waals surface area contributed by atoms with Gasteiger partial charge in [0.1, 0.15) is 5.82 Å². The molecule has 2 aromatic carbocycles. The number of ether oxygens (including phenoxy) is 1. The highest BCUT2D eigenvalue weighted by Gasteiger charge is 2.15. The lowest BCUT2D eigenvalue weighted by molar-refractivity contribution is 0.185. The summed E-state index contributed by atoms with van der Waals surface area (Å²) in [6.45, 7) is 0.404. The number of methoxy groups -OCH3 is 1. The van der Waals surface area contributed by atoms with Crippen LogP contribution in [0.4, 0.5) is 10.1 Å². The largest absolute Gasteiger partial charge is 0.380 e. The second kappa shape index (κ2) is 6.02. The van der Waals surface area contributed by atoms with Gasteiger partial charge < -0.3 is 4.74 Å². The van der Waals surface area contributed by atoms with Crippen LogP contribution in [0.15, 0.2) is 53.4 Å². The Labute approximate surface area is 117 Å². The van der Waals surface area contributed by atoms with Crippen molar-refractivity contribution in [2.24, 2.45) is 0 Å². The second-order valence-corrected chi connectivity index (χ2v) is 5.84. The SMILES string of the molecule is COCc1ccc(S(=O)(=O)Nc2ccccc2F)cc1. The zero-order valence-electron chi connectivity index (χ0n) is 10.8. The number of nitrogens with one attached hydrogen (secondary N) is 1. The molecule has 0 heterocycles. The third-order valence-electron chi connectivity index (χ3n) is 2.66. The first-order chi connectivity index (χ1) is 9.53. The number of sulfonamides is 1. The maximum absolute atomic E-state index is 13.5. The van der Waals surface area contributed by atoms with Gasteiger partial charge in [0.25, 0.3) is 10.0 Å². The second-order valence-electron chi connectivity index (χ2n) is 4.16. The van der Waals surface area contributed by atoms with Crippen molar-refractivity contribution in [2.45, 2.75) is 11.5 Å². The fourth-order valence-corrected chi connectivity index (χ4v) is 2.75. The molecule has 0 saturated heterocycles. The fraction of sp³-hybridized carbons (Fsp3) is 0.143. The molecule has 0 aliphatic heterocycles. The van der Waals surface area contributed by atoms with Gasteiger partial charge in [-0.1, -0.05) is 24.3 Å². The van der Waals surface area contributed by atoms with Gasteiger partial charge in [-0.2, -0.15) is 0 Å². The van der Waals surface area contributed by atoms with Gasteiger partial charge >= 0.3 is 0 Å². The van der Waals surface area contributed by atoms with Gasteiger partial charge in [0.05, 0.1) is 17.2 Å². The van der Waals surface area contributed by atoms with Gasteiger partial charge in [0, 0.05) is 7.11 Å². The molecule has 2 aromatic rings. The van der Waals surface area contributed by atoms with E-state index in [9.17, 15) is 12.8 Å². The van der Waals surface area contributed by atoms with Crippen molar-refractivity contribution in [3.63, 3.8) is 0 Å². The Hall–Kier alpha value is -1.92. The molecule has 0 amide bonds. The summed E-state index contributed by atoms with van der Waals surface area (Å²) in [5.41, 5.74) is 0.783. The molecule has 0 fully saturated rings. The van der Waals surface area contributed by atoms with Crippen molar-refractivity contribution in [1.82, 2.24) is 0 Å².